The summed E-state index contributed by atoms with van der Waals surface area (Å²) in [7, 11) is 1.54. The lowest BCUT2D eigenvalue weighted by atomic mass is 9.97. The molecule has 2 atom stereocenters. The van der Waals surface area contributed by atoms with Crippen molar-refractivity contribution >= 4 is 11.8 Å². The minimum atomic E-state index is -0.643. The molecule has 0 heterocycles. The first-order valence-corrected chi connectivity index (χ1v) is 11.0. The molecule has 0 aromatic heterocycles. The second kappa shape index (κ2) is 19.1. The van der Waals surface area contributed by atoms with Crippen LogP contribution in [0.3, 0.4) is 0 Å². The van der Waals surface area contributed by atoms with Crippen LogP contribution in [0, 0.1) is 5.92 Å². The van der Waals surface area contributed by atoms with Crippen LogP contribution in [0.4, 0.5) is 0 Å². The predicted molar refractivity (Wildman–Crippen MR) is 113 cm³/mol. The van der Waals surface area contributed by atoms with Gasteiger partial charge in [0.1, 0.15) is 18.3 Å². The molecule has 0 aromatic rings. The van der Waals surface area contributed by atoms with Crippen molar-refractivity contribution in [1.82, 2.24) is 0 Å². The standard InChI is InChI=1S/C23H42O5/c1-4-5-6-12-15-21(25)16-13-10-8-7-9-11-14-17-22(20(2)24)23(26)28-19-18-27-3/h10,13,21-22,25H,4-9,11-12,14-19H2,1-3H3/b13-10-. The van der Waals surface area contributed by atoms with E-state index in [1.54, 1.807) is 7.11 Å². The Morgan fingerprint density at radius 2 is 1.61 bits per heavy atom. The third kappa shape index (κ3) is 15.8. The maximum Gasteiger partial charge on any atom is 0.316 e. The Morgan fingerprint density at radius 1 is 0.929 bits per heavy atom. The number of unbranched alkanes of at least 4 members (excludes halogenated alkanes) is 7. The summed E-state index contributed by atoms with van der Waals surface area (Å²) < 4.78 is 9.91. The van der Waals surface area contributed by atoms with E-state index in [-0.39, 0.29) is 18.5 Å². The Morgan fingerprint density at radius 3 is 2.29 bits per heavy atom. The number of carbonyl (C=O) groups is 2. The highest BCUT2D eigenvalue weighted by Gasteiger charge is 2.24. The average Bonchev–Trinajstić information content (AvgIpc) is 2.66. The van der Waals surface area contributed by atoms with Gasteiger partial charge in [0.2, 0.25) is 0 Å². The number of esters is 1. The van der Waals surface area contributed by atoms with Gasteiger partial charge in [-0.15, -0.1) is 0 Å². The molecule has 0 aliphatic heterocycles. The maximum absolute atomic E-state index is 11.9. The van der Waals surface area contributed by atoms with Crippen molar-refractivity contribution in [1.29, 1.82) is 0 Å². The zero-order valence-corrected chi connectivity index (χ0v) is 18.3. The topological polar surface area (TPSA) is 72.8 Å². The number of hydrogen-bond acceptors (Lipinski definition) is 5. The lowest BCUT2D eigenvalue weighted by molar-refractivity contribution is -0.153. The van der Waals surface area contributed by atoms with Gasteiger partial charge in [-0.05, 0) is 39.0 Å². The molecule has 0 saturated heterocycles. The van der Waals surface area contributed by atoms with E-state index < -0.39 is 11.9 Å². The molecule has 1 N–H and O–H groups in total. The number of rotatable bonds is 19. The molecule has 0 spiro atoms. The van der Waals surface area contributed by atoms with Crippen molar-refractivity contribution < 1.29 is 24.2 Å². The van der Waals surface area contributed by atoms with Gasteiger partial charge < -0.3 is 14.6 Å². The van der Waals surface area contributed by atoms with E-state index in [0.29, 0.717) is 13.0 Å². The molecule has 0 fully saturated rings. The van der Waals surface area contributed by atoms with Gasteiger partial charge in [-0.25, -0.2) is 0 Å². The molecule has 0 radical (unpaired) electrons. The fourth-order valence-electron chi connectivity index (χ4n) is 3.07. The Kier molecular flexibility index (Phi) is 18.3. The highest BCUT2D eigenvalue weighted by Crippen LogP contribution is 2.15. The van der Waals surface area contributed by atoms with Gasteiger partial charge in [0, 0.05) is 7.11 Å². The Hall–Kier alpha value is -1.20. The van der Waals surface area contributed by atoms with Crippen LogP contribution < -0.4 is 0 Å². The molecule has 28 heavy (non-hydrogen) atoms. The molecular formula is C23H42O5. The van der Waals surface area contributed by atoms with Crippen LogP contribution in [0.2, 0.25) is 0 Å². The first-order chi connectivity index (χ1) is 13.5. The molecule has 0 aliphatic rings. The number of allylic oxidation sites excluding steroid dienone is 1. The first kappa shape index (κ1) is 26.8. The number of ether oxygens (including phenoxy) is 2. The van der Waals surface area contributed by atoms with Crippen LogP contribution in [0.5, 0.6) is 0 Å². The summed E-state index contributed by atoms with van der Waals surface area (Å²) >= 11 is 0. The molecule has 0 bridgehead atoms. The summed E-state index contributed by atoms with van der Waals surface area (Å²) in [5, 5.41) is 9.91. The number of methoxy groups -OCH3 is 1. The number of hydrogen-bond donors (Lipinski definition) is 1. The predicted octanol–water partition coefficient (Wildman–Crippen LogP) is 5.00. The Bertz CT molecular complexity index is 419. The SMILES string of the molecule is CCCCCCC(O)C/C=C\CCCCCCC(C(C)=O)C(=O)OCCOC. The Balaban J connectivity index is 3.72. The largest absolute Gasteiger partial charge is 0.463 e. The monoisotopic (exact) mass is 398 g/mol. The number of aliphatic hydroxyl groups excluding tert-OH is 1. The zero-order valence-electron chi connectivity index (χ0n) is 18.3. The van der Waals surface area contributed by atoms with E-state index in [1.807, 2.05) is 0 Å². The van der Waals surface area contributed by atoms with E-state index in [1.165, 1.54) is 26.2 Å². The summed E-state index contributed by atoms with van der Waals surface area (Å²) in [6.45, 7) is 4.18. The van der Waals surface area contributed by atoms with E-state index >= 15 is 0 Å². The molecule has 164 valence electrons. The Labute approximate surface area is 171 Å². The molecule has 5 heteroatoms. The van der Waals surface area contributed by atoms with Gasteiger partial charge in [-0.3, -0.25) is 9.59 Å². The van der Waals surface area contributed by atoms with Crippen LogP contribution >= 0.6 is 0 Å². The molecular weight excluding hydrogens is 356 g/mol. The number of carbonyl (C=O) groups excluding carboxylic acids is 2. The van der Waals surface area contributed by atoms with Crippen LogP contribution in [-0.4, -0.2) is 43.3 Å². The first-order valence-electron chi connectivity index (χ1n) is 11.0. The van der Waals surface area contributed by atoms with Crippen molar-refractivity contribution in [2.24, 2.45) is 5.92 Å². The van der Waals surface area contributed by atoms with Crippen molar-refractivity contribution in [2.45, 2.75) is 97.0 Å². The van der Waals surface area contributed by atoms with Crippen molar-refractivity contribution in [2.75, 3.05) is 20.3 Å². The molecule has 2 unspecified atom stereocenters. The quantitative estimate of drug-likeness (QED) is 0.143. The summed E-state index contributed by atoms with van der Waals surface area (Å²) in [6.07, 6.45) is 16.1. The number of Topliss-reactive ketones (excluding diaryl/α,β-unsaturated/α-hetero) is 1. The minimum absolute atomic E-state index is 0.126. The van der Waals surface area contributed by atoms with E-state index in [0.717, 1.165) is 51.4 Å². The van der Waals surface area contributed by atoms with Crippen LogP contribution in [0.25, 0.3) is 0 Å². The fourth-order valence-corrected chi connectivity index (χ4v) is 3.07. The fraction of sp³-hybridized carbons (Fsp3) is 0.826. The van der Waals surface area contributed by atoms with Gasteiger partial charge in [-0.2, -0.15) is 0 Å². The smallest absolute Gasteiger partial charge is 0.316 e. The highest BCUT2D eigenvalue weighted by molar-refractivity contribution is 5.97. The van der Waals surface area contributed by atoms with Gasteiger partial charge in [0.15, 0.2) is 0 Å². The third-order valence-electron chi connectivity index (χ3n) is 4.89. The van der Waals surface area contributed by atoms with Gasteiger partial charge >= 0.3 is 5.97 Å². The lowest BCUT2D eigenvalue weighted by Gasteiger charge is -2.13. The summed E-state index contributed by atoms with van der Waals surface area (Å²) in [5.41, 5.74) is 0. The summed E-state index contributed by atoms with van der Waals surface area (Å²) in [6, 6.07) is 0. The van der Waals surface area contributed by atoms with Gasteiger partial charge in [0.25, 0.3) is 0 Å². The molecule has 0 aromatic carbocycles. The molecule has 5 nitrogen and oxygen atoms in total. The normalized spacial score (nSPS) is 13.6. The average molecular weight is 399 g/mol. The van der Waals surface area contributed by atoms with Gasteiger partial charge in [-0.1, -0.05) is 64.0 Å². The van der Waals surface area contributed by atoms with E-state index in [9.17, 15) is 14.7 Å². The maximum atomic E-state index is 11.9. The third-order valence-corrected chi connectivity index (χ3v) is 4.89. The number of ketones is 1. The second-order valence-corrected chi connectivity index (χ2v) is 7.53. The summed E-state index contributed by atoms with van der Waals surface area (Å²) in [4.78, 5) is 23.6. The summed E-state index contributed by atoms with van der Waals surface area (Å²) in [5.74, 6) is -1.20. The van der Waals surface area contributed by atoms with Crippen LogP contribution in [-0.2, 0) is 19.1 Å². The van der Waals surface area contributed by atoms with Crippen molar-refractivity contribution in [3.8, 4) is 0 Å². The van der Waals surface area contributed by atoms with E-state index in [2.05, 4.69) is 19.1 Å². The molecule has 0 saturated carbocycles. The molecule has 0 amide bonds. The van der Waals surface area contributed by atoms with Gasteiger partial charge in [0.05, 0.1) is 12.7 Å². The lowest BCUT2D eigenvalue weighted by Crippen LogP contribution is -2.25. The van der Waals surface area contributed by atoms with E-state index in [4.69, 9.17) is 9.47 Å². The van der Waals surface area contributed by atoms with Crippen molar-refractivity contribution in [3.05, 3.63) is 12.2 Å². The molecule has 0 aliphatic carbocycles. The second-order valence-electron chi connectivity index (χ2n) is 7.53. The molecule has 0 rings (SSSR count). The number of aliphatic hydroxyl groups is 1. The zero-order chi connectivity index (χ0) is 21.0. The van der Waals surface area contributed by atoms with Crippen LogP contribution in [0.15, 0.2) is 12.2 Å². The highest BCUT2D eigenvalue weighted by atomic mass is 16.6. The van der Waals surface area contributed by atoms with Crippen LogP contribution in [0.1, 0.15) is 90.9 Å². The van der Waals surface area contributed by atoms with Crippen molar-refractivity contribution in [3.63, 3.8) is 0 Å². The minimum Gasteiger partial charge on any atom is -0.463 e.